The fourth-order valence-electron chi connectivity index (χ4n) is 2.05. The average Bonchev–Trinajstić information content (AvgIpc) is 2.84. The maximum Gasteiger partial charge on any atom is 0.273 e. The van der Waals surface area contributed by atoms with Crippen molar-refractivity contribution in [3.63, 3.8) is 0 Å². The maximum atomic E-state index is 12.3. The fourth-order valence-corrected chi connectivity index (χ4v) is 2.78. The van der Waals surface area contributed by atoms with Crippen molar-refractivity contribution in [3.05, 3.63) is 11.1 Å². The molecule has 1 aliphatic heterocycles. The molecule has 0 saturated carbocycles. The summed E-state index contributed by atoms with van der Waals surface area (Å²) in [5, 5.41) is 13.7. The van der Waals surface area contributed by atoms with Gasteiger partial charge in [0.1, 0.15) is 5.69 Å². The topological polar surface area (TPSA) is 91.8 Å². The molecule has 0 spiro atoms. The molecule has 110 valence electrons. The highest BCUT2D eigenvalue weighted by Gasteiger charge is 2.29. The molecule has 2 N–H and O–H groups in total. The molecule has 2 heterocycles. The summed E-state index contributed by atoms with van der Waals surface area (Å²) < 4.78 is 5.49. The molecular formula is C12H17N3O4S. The number of rotatable bonds is 3. The number of carbonyl (C=O) groups is 2. The Morgan fingerprint density at radius 1 is 1.60 bits per heavy atom. The number of aromatic nitrogens is 1. The van der Waals surface area contributed by atoms with E-state index >= 15 is 0 Å². The van der Waals surface area contributed by atoms with E-state index in [9.17, 15) is 9.59 Å². The fraction of sp³-hybridized carbons (Fsp3) is 0.583. The lowest BCUT2D eigenvalue weighted by atomic mass is 10.2. The van der Waals surface area contributed by atoms with Gasteiger partial charge in [0.25, 0.3) is 5.91 Å². The quantitative estimate of drug-likeness (QED) is 0.839. The second-order valence-corrected chi connectivity index (χ2v) is 5.54. The van der Waals surface area contributed by atoms with Gasteiger partial charge in [0.2, 0.25) is 5.91 Å². The second-order valence-electron chi connectivity index (χ2n) is 4.68. The molecule has 0 bridgehead atoms. The highest BCUT2D eigenvalue weighted by atomic mass is 32.1. The van der Waals surface area contributed by atoms with E-state index in [-0.39, 0.29) is 30.6 Å². The molecule has 1 saturated heterocycles. The van der Waals surface area contributed by atoms with Crippen LogP contribution in [0.2, 0.25) is 0 Å². The number of aliphatic hydroxyl groups is 1. The van der Waals surface area contributed by atoms with E-state index in [1.807, 2.05) is 6.92 Å². The van der Waals surface area contributed by atoms with Gasteiger partial charge in [0.15, 0.2) is 5.13 Å². The van der Waals surface area contributed by atoms with Crippen molar-refractivity contribution in [2.45, 2.75) is 26.1 Å². The lowest BCUT2D eigenvalue weighted by Crippen LogP contribution is -2.50. The van der Waals surface area contributed by atoms with Gasteiger partial charge >= 0.3 is 0 Å². The first kappa shape index (κ1) is 14.9. The Bertz CT molecular complexity index is 505. The van der Waals surface area contributed by atoms with Crippen LogP contribution in [-0.2, 0) is 9.53 Å². The predicted octanol–water partition coefficient (Wildman–Crippen LogP) is 0.323. The molecule has 1 aromatic rings. The number of hydrogen-bond donors (Lipinski definition) is 2. The molecule has 2 amide bonds. The summed E-state index contributed by atoms with van der Waals surface area (Å²) >= 11 is 1.21. The van der Waals surface area contributed by atoms with Crippen LogP contribution in [0.3, 0.4) is 0 Å². The summed E-state index contributed by atoms with van der Waals surface area (Å²) in [6.45, 7) is 3.92. The number of nitrogens with one attached hydrogen (secondary N) is 1. The minimum atomic E-state index is -0.365. The summed E-state index contributed by atoms with van der Waals surface area (Å²) in [7, 11) is 0. The summed E-state index contributed by atoms with van der Waals surface area (Å²) in [6.07, 6.45) is -0.491. The van der Waals surface area contributed by atoms with Gasteiger partial charge in [0, 0.05) is 25.4 Å². The molecule has 7 nitrogen and oxygen atoms in total. The number of ether oxygens (including phenoxy) is 1. The molecule has 0 aromatic carbocycles. The van der Waals surface area contributed by atoms with Crippen LogP contribution in [0.15, 0.2) is 5.38 Å². The molecule has 20 heavy (non-hydrogen) atoms. The zero-order valence-corrected chi connectivity index (χ0v) is 12.1. The SMILES string of the molecule is CC(=O)Nc1nc(C(=O)N2CC(C)OC(CO)C2)cs1. The molecule has 1 fully saturated rings. The van der Waals surface area contributed by atoms with Crippen molar-refractivity contribution in [1.29, 1.82) is 0 Å². The second kappa shape index (κ2) is 6.29. The monoisotopic (exact) mass is 299 g/mol. The van der Waals surface area contributed by atoms with Crippen LogP contribution in [0.5, 0.6) is 0 Å². The molecule has 2 unspecified atom stereocenters. The Kier molecular flexibility index (Phi) is 4.69. The maximum absolute atomic E-state index is 12.3. The van der Waals surface area contributed by atoms with Gasteiger partial charge in [-0.2, -0.15) is 0 Å². The summed E-state index contributed by atoms with van der Waals surface area (Å²) in [5.41, 5.74) is 0.296. The van der Waals surface area contributed by atoms with E-state index < -0.39 is 0 Å². The molecule has 2 atom stereocenters. The van der Waals surface area contributed by atoms with E-state index in [1.54, 1.807) is 10.3 Å². The van der Waals surface area contributed by atoms with E-state index in [1.165, 1.54) is 18.3 Å². The zero-order chi connectivity index (χ0) is 14.7. The number of morpholine rings is 1. The number of hydrogen-bond acceptors (Lipinski definition) is 6. The first-order chi connectivity index (χ1) is 9.49. The minimum absolute atomic E-state index is 0.123. The Labute approximate surface area is 120 Å². The van der Waals surface area contributed by atoms with Crippen LogP contribution in [0.25, 0.3) is 0 Å². The largest absolute Gasteiger partial charge is 0.394 e. The Morgan fingerprint density at radius 2 is 2.35 bits per heavy atom. The number of thiazole rings is 1. The molecule has 1 aromatic heterocycles. The van der Waals surface area contributed by atoms with Gasteiger partial charge in [0.05, 0.1) is 18.8 Å². The van der Waals surface area contributed by atoms with Gasteiger partial charge in [-0.1, -0.05) is 0 Å². The lowest BCUT2D eigenvalue weighted by molar-refractivity contribution is -0.114. The Balaban J connectivity index is 2.06. The average molecular weight is 299 g/mol. The highest BCUT2D eigenvalue weighted by Crippen LogP contribution is 2.19. The first-order valence-electron chi connectivity index (χ1n) is 6.28. The van der Waals surface area contributed by atoms with E-state index in [0.29, 0.717) is 23.9 Å². The van der Waals surface area contributed by atoms with Crippen LogP contribution < -0.4 is 5.32 Å². The van der Waals surface area contributed by atoms with Gasteiger partial charge < -0.3 is 20.1 Å². The van der Waals surface area contributed by atoms with Crippen molar-refractivity contribution in [1.82, 2.24) is 9.88 Å². The molecule has 0 radical (unpaired) electrons. The van der Waals surface area contributed by atoms with Gasteiger partial charge in [-0.15, -0.1) is 11.3 Å². The van der Waals surface area contributed by atoms with E-state index in [4.69, 9.17) is 9.84 Å². The van der Waals surface area contributed by atoms with Crippen molar-refractivity contribution in [2.75, 3.05) is 25.0 Å². The normalized spacial score (nSPS) is 22.6. The van der Waals surface area contributed by atoms with Crippen molar-refractivity contribution in [3.8, 4) is 0 Å². The molecule has 8 heteroatoms. The smallest absolute Gasteiger partial charge is 0.273 e. The highest BCUT2D eigenvalue weighted by molar-refractivity contribution is 7.14. The molecule has 1 aliphatic rings. The van der Waals surface area contributed by atoms with Gasteiger partial charge in [-0.3, -0.25) is 9.59 Å². The molecular weight excluding hydrogens is 282 g/mol. The lowest BCUT2D eigenvalue weighted by Gasteiger charge is -2.35. The third-order valence-corrected chi connectivity index (χ3v) is 3.58. The van der Waals surface area contributed by atoms with Gasteiger partial charge in [-0.25, -0.2) is 4.98 Å². The summed E-state index contributed by atoms with van der Waals surface area (Å²) in [4.78, 5) is 29.0. The first-order valence-corrected chi connectivity index (χ1v) is 7.16. The van der Waals surface area contributed by atoms with Crippen LogP contribution in [0.4, 0.5) is 5.13 Å². The molecule has 2 rings (SSSR count). The number of nitrogens with zero attached hydrogens (tertiary/aromatic N) is 2. The third-order valence-electron chi connectivity index (χ3n) is 2.82. The van der Waals surface area contributed by atoms with Crippen LogP contribution in [-0.4, -0.2) is 58.7 Å². The third kappa shape index (κ3) is 3.53. The van der Waals surface area contributed by atoms with Crippen LogP contribution >= 0.6 is 11.3 Å². The van der Waals surface area contributed by atoms with Gasteiger partial charge in [-0.05, 0) is 6.92 Å². The van der Waals surface area contributed by atoms with Crippen molar-refractivity contribution in [2.24, 2.45) is 0 Å². The minimum Gasteiger partial charge on any atom is -0.394 e. The Morgan fingerprint density at radius 3 is 3.00 bits per heavy atom. The van der Waals surface area contributed by atoms with Crippen LogP contribution in [0, 0.1) is 0 Å². The predicted molar refractivity (Wildman–Crippen MR) is 73.7 cm³/mol. The van der Waals surface area contributed by atoms with Crippen molar-refractivity contribution >= 4 is 28.3 Å². The number of amides is 2. The van der Waals surface area contributed by atoms with E-state index in [0.717, 1.165) is 0 Å². The summed E-state index contributed by atoms with van der Waals surface area (Å²) in [5.74, 6) is -0.440. The zero-order valence-electron chi connectivity index (χ0n) is 11.3. The molecule has 0 aliphatic carbocycles. The number of aliphatic hydroxyl groups excluding tert-OH is 1. The number of anilines is 1. The van der Waals surface area contributed by atoms with Crippen molar-refractivity contribution < 1.29 is 19.4 Å². The Hall–Kier alpha value is -1.51. The standard InChI is InChI=1S/C12H17N3O4S/c1-7-3-15(4-9(5-16)19-7)11(18)10-6-20-12(14-10)13-8(2)17/h6-7,9,16H,3-5H2,1-2H3,(H,13,14,17). The van der Waals surface area contributed by atoms with Crippen LogP contribution in [0.1, 0.15) is 24.3 Å². The number of carbonyl (C=O) groups excluding carboxylic acids is 2. The van der Waals surface area contributed by atoms with E-state index in [2.05, 4.69) is 10.3 Å². The summed E-state index contributed by atoms with van der Waals surface area (Å²) in [6, 6.07) is 0.